The molecule has 2 aromatic rings. The molecule has 0 radical (unpaired) electrons. The van der Waals surface area contributed by atoms with Crippen LogP contribution in [0.1, 0.15) is 44.1 Å². The number of rotatable bonds is 3. The highest BCUT2D eigenvalue weighted by molar-refractivity contribution is 5.81. The number of benzene rings is 1. The van der Waals surface area contributed by atoms with E-state index in [0.29, 0.717) is 35.8 Å². The first kappa shape index (κ1) is 19.8. The van der Waals surface area contributed by atoms with Crippen LogP contribution in [-0.4, -0.2) is 50.4 Å². The molecule has 4 bridgehead atoms. The van der Waals surface area contributed by atoms with E-state index in [1.165, 1.54) is 0 Å². The van der Waals surface area contributed by atoms with Gasteiger partial charge < -0.3 is 20.4 Å². The molecule has 166 valence electrons. The number of nitrogens with one attached hydrogen (secondary N) is 1. The number of nitriles is 1. The fourth-order valence-electron chi connectivity index (χ4n) is 7.72. The summed E-state index contributed by atoms with van der Waals surface area (Å²) in [5, 5.41) is 34.6. The number of hydrogen-bond acceptors (Lipinski definition) is 5. The standard InChI is InChI=1S/C25H28N4O3/c26-13-14-1-3-19-16(7-14)2-4-21(27-19)28-20-5-6-29(24(30)31)23(20)22-17-8-15-9-18(22)12-25(32,10-15)11-17/h1-4,7,15,17-18,20,22-23,32H,5-6,8-12H2,(H,27,28)(H,30,31)/t15?,17-,18?,20?,22?,23-,25?/m0/s1. The summed E-state index contributed by atoms with van der Waals surface area (Å²) in [6, 6.07) is 11.4. The van der Waals surface area contributed by atoms with E-state index in [9.17, 15) is 15.0 Å². The molecule has 5 fully saturated rings. The molecule has 5 unspecified atom stereocenters. The van der Waals surface area contributed by atoms with E-state index in [-0.39, 0.29) is 12.1 Å². The number of carboxylic acid groups (broad SMARTS) is 1. The van der Waals surface area contributed by atoms with Gasteiger partial charge >= 0.3 is 6.09 Å². The predicted molar refractivity (Wildman–Crippen MR) is 119 cm³/mol. The quantitative estimate of drug-likeness (QED) is 0.680. The Hall–Kier alpha value is -2.85. The van der Waals surface area contributed by atoms with Crippen LogP contribution >= 0.6 is 0 Å². The fourth-order valence-corrected chi connectivity index (χ4v) is 7.72. The van der Waals surface area contributed by atoms with E-state index in [1.54, 1.807) is 11.0 Å². The molecular weight excluding hydrogens is 404 g/mol. The first-order valence-electron chi connectivity index (χ1n) is 11.7. The molecule has 1 aromatic heterocycles. The number of likely N-dealkylation sites (tertiary alicyclic amines) is 1. The second-order valence-electron chi connectivity index (χ2n) is 10.5. The van der Waals surface area contributed by atoms with E-state index in [4.69, 9.17) is 10.2 Å². The van der Waals surface area contributed by atoms with Crippen molar-refractivity contribution in [3.8, 4) is 6.07 Å². The van der Waals surface area contributed by atoms with Gasteiger partial charge in [0.15, 0.2) is 0 Å². The lowest BCUT2D eigenvalue weighted by Crippen LogP contribution is -2.61. The van der Waals surface area contributed by atoms with Gasteiger partial charge in [0, 0.05) is 11.9 Å². The van der Waals surface area contributed by atoms with Gasteiger partial charge in [-0.1, -0.05) is 0 Å². The van der Waals surface area contributed by atoms with Crippen LogP contribution in [0.3, 0.4) is 0 Å². The van der Waals surface area contributed by atoms with Gasteiger partial charge in [-0.2, -0.15) is 5.26 Å². The lowest BCUT2D eigenvalue weighted by atomic mass is 9.48. The molecule has 32 heavy (non-hydrogen) atoms. The number of hydrogen-bond donors (Lipinski definition) is 3. The van der Waals surface area contributed by atoms with Crippen molar-refractivity contribution in [3.63, 3.8) is 0 Å². The van der Waals surface area contributed by atoms with Crippen LogP contribution in [0.2, 0.25) is 0 Å². The van der Waals surface area contributed by atoms with Gasteiger partial charge in [0.2, 0.25) is 0 Å². The lowest BCUT2D eigenvalue weighted by Gasteiger charge is -2.60. The van der Waals surface area contributed by atoms with Crippen LogP contribution in [0, 0.1) is 35.0 Å². The van der Waals surface area contributed by atoms with Crippen LogP contribution in [0.4, 0.5) is 10.6 Å². The van der Waals surface area contributed by atoms with Crippen LogP contribution in [-0.2, 0) is 0 Å². The molecule has 2 heterocycles. The van der Waals surface area contributed by atoms with Crippen LogP contribution in [0.15, 0.2) is 30.3 Å². The number of amides is 1. The second-order valence-corrected chi connectivity index (χ2v) is 10.5. The van der Waals surface area contributed by atoms with Crippen LogP contribution < -0.4 is 5.32 Å². The van der Waals surface area contributed by atoms with Crippen molar-refractivity contribution >= 4 is 22.8 Å². The molecule has 7 heteroatoms. The lowest BCUT2D eigenvalue weighted by molar-refractivity contribution is -0.162. The van der Waals surface area contributed by atoms with Gasteiger partial charge in [-0.3, -0.25) is 0 Å². The number of aromatic nitrogens is 1. The van der Waals surface area contributed by atoms with Crippen molar-refractivity contribution in [3.05, 3.63) is 35.9 Å². The molecule has 3 N–H and O–H groups in total. The summed E-state index contributed by atoms with van der Waals surface area (Å²) in [6.45, 7) is 0.528. The van der Waals surface area contributed by atoms with Gasteiger partial charge in [-0.15, -0.1) is 0 Å². The summed E-state index contributed by atoms with van der Waals surface area (Å²) >= 11 is 0. The molecule has 7 atom stereocenters. The summed E-state index contributed by atoms with van der Waals surface area (Å²) in [5.41, 5.74) is 0.900. The molecule has 0 spiro atoms. The van der Waals surface area contributed by atoms with E-state index in [2.05, 4.69) is 11.4 Å². The molecule has 1 aromatic carbocycles. The van der Waals surface area contributed by atoms with Gasteiger partial charge in [0.25, 0.3) is 0 Å². The highest BCUT2D eigenvalue weighted by Crippen LogP contribution is 2.60. The smallest absolute Gasteiger partial charge is 0.407 e. The van der Waals surface area contributed by atoms with Crippen LogP contribution in [0.5, 0.6) is 0 Å². The Morgan fingerprint density at radius 1 is 1.19 bits per heavy atom. The molecule has 4 saturated carbocycles. The maximum absolute atomic E-state index is 12.2. The van der Waals surface area contributed by atoms with Crippen LogP contribution in [0.25, 0.3) is 10.9 Å². The second kappa shape index (κ2) is 7.08. The monoisotopic (exact) mass is 432 g/mol. The Kier molecular flexibility index (Phi) is 4.38. The van der Waals surface area contributed by atoms with Crippen molar-refractivity contribution in [1.29, 1.82) is 5.26 Å². The molecule has 1 saturated heterocycles. The fraction of sp³-hybridized carbons (Fsp3) is 0.560. The largest absolute Gasteiger partial charge is 0.465 e. The minimum Gasteiger partial charge on any atom is -0.465 e. The SMILES string of the molecule is N#Cc1ccc2nc(NC3CCN(C(=O)O)[C@@H]3C3C4CC5C[C@H]3CC(O)(C5)C4)ccc2c1. The minimum absolute atomic E-state index is 0.00611. The number of anilines is 1. The van der Waals surface area contributed by atoms with Gasteiger partial charge in [-0.05, 0) is 92.5 Å². The number of fused-ring (bicyclic) bond motifs is 1. The Morgan fingerprint density at radius 3 is 2.66 bits per heavy atom. The van der Waals surface area contributed by atoms with Crippen molar-refractivity contribution in [2.75, 3.05) is 11.9 Å². The summed E-state index contributed by atoms with van der Waals surface area (Å²) in [5.74, 6) is 2.43. The highest BCUT2D eigenvalue weighted by Gasteiger charge is 2.59. The zero-order chi connectivity index (χ0) is 22.0. The number of pyridine rings is 1. The number of aliphatic hydroxyl groups is 1. The predicted octanol–water partition coefficient (Wildman–Crippen LogP) is 3.83. The Bertz CT molecular complexity index is 1110. The Labute approximate surface area is 187 Å². The van der Waals surface area contributed by atoms with Gasteiger partial charge in [-0.25, -0.2) is 9.78 Å². The third-order valence-electron chi connectivity index (χ3n) is 8.56. The summed E-state index contributed by atoms with van der Waals surface area (Å²) in [6.07, 6.45) is 4.71. The summed E-state index contributed by atoms with van der Waals surface area (Å²) in [7, 11) is 0. The maximum atomic E-state index is 12.2. The van der Waals surface area contributed by atoms with Crippen molar-refractivity contribution < 1.29 is 15.0 Å². The molecular formula is C25H28N4O3. The molecule has 7 nitrogen and oxygen atoms in total. The van der Waals surface area contributed by atoms with E-state index in [0.717, 1.165) is 55.2 Å². The Balaban J connectivity index is 1.30. The zero-order valence-corrected chi connectivity index (χ0v) is 17.9. The molecule has 1 aliphatic heterocycles. The Morgan fingerprint density at radius 2 is 1.97 bits per heavy atom. The zero-order valence-electron chi connectivity index (χ0n) is 17.9. The molecule has 1 amide bonds. The van der Waals surface area contributed by atoms with Gasteiger partial charge in [0.1, 0.15) is 5.82 Å². The highest BCUT2D eigenvalue weighted by atomic mass is 16.4. The maximum Gasteiger partial charge on any atom is 0.407 e. The molecule has 7 rings (SSSR count). The first-order valence-corrected chi connectivity index (χ1v) is 11.7. The first-order chi connectivity index (χ1) is 15.4. The van der Waals surface area contributed by atoms with Crippen molar-refractivity contribution in [2.45, 2.75) is 56.2 Å². The average Bonchev–Trinajstić information content (AvgIpc) is 3.15. The third-order valence-corrected chi connectivity index (χ3v) is 8.56. The average molecular weight is 433 g/mol. The molecule has 5 aliphatic rings. The number of nitrogens with zero attached hydrogens (tertiary/aromatic N) is 3. The molecule has 4 aliphatic carbocycles. The van der Waals surface area contributed by atoms with Crippen molar-refractivity contribution in [2.24, 2.45) is 23.7 Å². The third kappa shape index (κ3) is 3.12. The summed E-state index contributed by atoms with van der Waals surface area (Å²) in [4.78, 5) is 18.5. The van der Waals surface area contributed by atoms with Gasteiger partial charge in [0.05, 0.1) is 34.8 Å². The van der Waals surface area contributed by atoms with E-state index in [1.807, 2.05) is 24.3 Å². The number of carbonyl (C=O) groups is 1. The normalized spacial score (nSPS) is 37.6. The van der Waals surface area contributed by atoms with E-state index < -0.39 is 11.7 Å². The minimum atomic E-state index is -0.845. The topological polar surface area (TPSA) is 109 Å². The van der Waals surface area contributed by atoms with E-state index >= 15 is 0 Å². The summed E-state index contributed by atoms with van der Waals surface area (Å²) < 4.78 is 0. The van der Waals surface area contributed by atoms with Crippen molar-refractivity contribution in [1.82, 2.24) is 9.88 Å².